The first-order valence-corrected chi connectivity index (χ1v) is 8.12. The van der Waals surface area contributed by atoms with Gasteiger partial charge in [0.1, 0.15) is 0 Å². The Kier molecular flexibility index (Phi) is 5.44. The van der Waals surface area contributed by atoms with Gasteiger partial charge in [-0.05, 0) is 0 Å². The number of hydrogen-bond donors (Lipinski definition) is 1. The number of carbonyl (C=O) groups is 1. The fraction of sp³-hybridized carbons (Fsp3) is 0. The molecule has 3 rings (SSSR count). The molecule has 1 N–H and O–H groups in total. The van der Waals surface area contributed by atoms with Crippen LogP contribution in [0.15, 0.2) is 53.5 Å². The van der Waals surface area contributed by atoms with E-state index in [-0.39, 0.29) is 5.56 Å². The third kappa shape index (κ3) is 4.31. The molecule has 1 aliphatic rings. The van der Waals surface area contributed by atoms with Crippen molar-refractivity contribution in [3.63, 3.8) is 0 Å². The summed E-state index contributed by atoms with van der Waals surface area (Å²) < 4.78 is 13.5. The van der Waals surface area contributed by atoms with Gasteiger partial charge in [-0.1, -0.05) is 0 Å². The van der Waals surface area contributed by atoms with Crippen LogP contribution in [0.2, 0.25) is 0 Å². The van der Waals surface area contributed by atoms with Crippen molar-refractivity contribution >= 4 is 32.3 Å². The first-order valence-electron chi connectivity index (χ1n) is 7.26. The Labute approximate surface area is 149 Å². The number of rotatable bonds is 3. The molecule has 0 bridgehead atoms. The Bertz CT molecular complexity index is 752. The Morgan fingerprint density at radius 2 is 1.75 bits per heavy atom. The van der Waals surface area contributed by atoms with Crippen LogP contribution in [-0.2, 0) is 0 Å². The number of hydrogen-bond acceptors (Lipinski definition) is 2. The van der Waals surface area contributed by atoms with Crippen LogP contribution in [0, 0.1) is 37.4 Å². The second kappa shape index (κ2) is 7.73. The number of nitrogens with zero attached hydrogens (tertiary/aromatic N) is 1. The third-order valence-electron chi connectivity index (χ3n) is 3.40. The molecule has 0 atom stereocenters. The number of halogens is 1. The molecule has 2 aromatic carbocycles. The summed E-state index contributed by atoms with van der Waals surface area (Å²) in [5.74, 6) is 0.276. The van der Waals surface area contributed by atoms with Crippen LogP contribution in [0.5, 0.6) is 0 Å². The van der Waals surface area contributed by atoms with Crippen molar-refractivity contribution < 1.29 is 9.18 Å². The van der Waals surface area contributed by atoms with Gasteiger partial charge in [-0.25, -0.2) is 0 Å². The average molecular weight is 383 g/mol. The number of benzene rings is 2. The van der Waals surface area contributed by atoms with E-state index in [4.69, 9.17) is 0 Å². The van der Waals surface area contributed by atoms with Crippen LogP contribution < -0.4 is 5.32 Å². The zero-order valence-electron chi connectivity index (χ0n) is 12.6. The zero-order chi connectivity index (χ0) is 16.9. The quantitative estimate of drug-likeness (QED) is 0.494. The molecule has 118 valence electrons. The molecule has 2 aromatic rings. The Hall–Kier alpha value is -1.97. The maximum absolute atomic E-state index is 13.1. The number of carbonyl (C=O) groups excluding carboxylic acids is 1. The average Bonchev–Trinajstić information content (AvgIpc) is 3.10. The van der Waals surface area contributed by atoms with Crippen LogP contribution in [0.25, 0.3) is 0 Å². The van der Waals surface area contributed by atoms with E-state index in [1.165, 1.54) is 18.2 Å². The van der Waals surface area contributed by atoms with Gasteiger partial charge in [-0.3, -0.25) is 0 Å². The molecule has 1 fully saturated rings. The van der Waals surface area contributed by atoms with Crippen molar-refractivity contribution in [2.45, 2.75) is 0 Å². The predicted molar refractivity (Wildman–Crippen MR) is 92.7 cm³/mol. The summed E-state index contributed by atoms with van der Waals surface area (Å²) in [7, 11) is 0. The second-order valence-electron chi connectivity index (χ2n) is 5.10. The fourth-order valence-electron chi connectivity index (χ4n) is 2.24. The maximum atomic E-state index is 13.1. The molecule has 3 nitrogen and oxygen atoms in total. The summed E-state index contributed by atoms with van der Waals surface area (Å²) in [6, 6.07) is 13.2. The van der Waals surface area contributed by atoms with Crippen LogP contribution >= 0.6 is 0 Å². The number of aliphatic imine (C=N–C) groups is 1. The molecular formula is C19H13FN2OSe. The molecule has 6 radical (unpaired) electrons. The molecule has 1 aliphatic carbocycles. The molecule has 5 heteroatoms. The molecule has 0 unspecified atom stereocenters. The van der Waals surface area contributed by atoms with Crippen molar-refractivity contribution in [2.75, 3.05) is 0 Å². The normalized spacial score (nSPS) is 15.5. The van der Waals surface area contributed by atoms with E-state index in [0.717, 1.165) is 11.5 Å². The molecule has 1 saturated carbocycles. The van der Waals surface area contributed by atoms with Crippen molar-refractivity contribution in [1.82, 2.24) is 5.32 Å². The summed E-state index contributed by atoms with van der Waals surface area (Å²) in [4.78, 5) is 16.3. The van der Waals surface area contributed by atoms with Gasteiger partial charge in [0.25, 0.3) is 0 Å². The van der Waals surface area contributed by atoms with Gasteiger partial charge in [0.05, 0.1) is 0 Å². The standard InChI is InChI=1S/C19H13FN2OSe/c20-16-7-3-6-15(12-16)18(23)22-19(24)21-17-10-8-14(9-11-17)13-4-1-2-5-13/h1-12H,(H,21,22,23). The summed E-state index contributed by atoms with van der Waals surface area (Å²) in [6.45, 7) is 0. The van der Waals surface area contributed by atoms with Gasteiger partial charge < -0.3 is 0 Å². The van der Waals surface area contributed by atoms with Gasteiger partial charge in [-0.15, -0.1) is 0 Å². The molecular weight excluding hydrogens is 370 g/mol. The van der Waals surface area contributed by atoms with Gasteiger partial charge in [0, 0.05) is 0 Å². The topological polar surface area (TPSA) is 41.5 Å². The van der Waals surface area contributed by atoms with E-state index in [1.54, 1.807) is 6.07 Å². The monoisotopic (exact) mass is 384 g/mol. The summed E-state index contributed by atoms with van der Waals surface area (Å²) in [5, 5.41) is 2.60. The summed E-state index contributed by atoms with van der Waals surface area (Å²) >= 11 is 2.71. The van der Waals surface area contributed by atoms with E-state index in [2.05, 4.69) is 26.3 Å². The minimum absolute atomic E-state index is 0.240. The molecule has 0 aromatic heterocycles. The molecule has 1 amide bonds. The van der Waals surface area contributed by atoms with Crippen LogP contribution in [0.4, 0.5) is 10.1 Å². The van der Waals surface area contributed by atoms with Crippen LogP contribution in [-0.4, -0.2) is 26.7 Å². The summed E-state index contributed by atoms with van der Waals surface area (Å²) in [5.41, 5.74) is 2.05. The van der Waals surface area contributed by atoms with E-state index >= 15 is 0 Å². The van der Waals surface area contributed by atoms with Crippen LogP contribution in [0.1, 0.15) is 15.9 Å². The molecule has 0 spiro atoms. The third-order valence-corrected chi connectivity index (χ3v) is 3.81. The van der Waals surface area contributed by atoms with Crippen molar-refractivity contribution in [3.8, 4) is 0 Å². The van der Waals surface area contributed by atoms with E-state index in [0.29, 0.717) is 10.4 Å². The Balaban J connectivity index is 1.65. The number of amides is 1. The van der Waals surface area contributed by atoms with Gasteiger partial charge in [-0.2, -0.15) is 0 Å². The van der Waals surface area contributed by atoms with Gasteiger partial charge >= 0.3 is 149 Å². The predicted octanol–water partition coefficient (Wildman–Crippen LogP) is 3.17. The number of nitrogens with one attached hydrogen (secondary N) is 1. The molecule has 24 heavy (non-hydrogen) atoms. The van der Waals surface area contributed by atoms with Gasteiger partial charge in [0.15, 0.2) is 0 Å². The second-order valence-corrected chi connectivity index (χ2v) is 5.91. The van der Waals surface area contributed by atoms with Crippen molar-refractivity contribution in [2.24, 2.45) is 4.99 Å². The fourth-order valence-corrected chi connectivity index (χ4v) is 2.65. The first-order chi connectivity index (χ1) is 11.6. The minimum atomic E-state index is -0.454. The molecule has 0 heterocycles. The van der Waals surface area contributed by atoms with Crippen molar-refractivity contribution in [3.05, 3.63) is 97.1 Å². The van der Waals surface area contributed by atoms with Crippen LogP contribution in [0.3, 0.4) is 0 Å². The van der Waals surface area contributed by atoms with Crippen molar-refractivity contribution in [1.29, 1.82) is 0 Å². The first kappa shape index (κ1) is 16.9. The number of amidine groups is 1. The Morgan fingerprint density at radius 3 is 2.42 bits per heavy atom. The SMILES string of the molecule is O=C(NC([Se])=Nc1ccc([C]2[CH][CH][CH][CH]2)cc1)c1cccc(F)c1. The zero-order valence-corrected chi connectivity index (χ0v) is 14.3. The Morgan fingerprint density at radius 1 is 1.04 bits per heavy atom. The van der Waals surface area contributed by atoms with E-state index in [9.17, 15) is 9.18 Å². The van der Waals surface area contributed by atoms with Gasteiger partial charge in [0.2, 0.25) is 0 Å². The van der Waals surface area contributed by atoms with E-state index < -0.39 is 11.7 Å². The molecule has 0 aliphatic heterocycles. The summed E-state index contributed by atoms with van der Waals surface area (Å²) in [6.07, 6.45) is 8.05. The van der Waals surface area contributed by atoms with E-state index in [1.807, 2.05) is 49.9 Å². The molecule has 0 saturated heterocycles.